The third kappa shape index (κ3) is 2.38. The molecule has 0 spiro atoms. The first-order valence-electron chi connectivity index (χ1n) is 6.25. The van der Waals surface area contributed by atoms with Crippen LogP contribution in [-0.4, -0.2) is 0 Å². The standard InChI is InChI=1S/C16H11ClFNO2/c1-8-4-16-10(6-11(8)17)14(20)7-15(21-16)9-2-3-12(18)13(19)5-9/h2-7H,19H2,1H3. The van der Waals surface area contributed by atoms with E-state index in [0.717, 1.165) is 5.56 Å². The topological polar surface area (TPSA) is 56.2 Å². The van der Waals surface area contributed by atoms with Crippen molar-refractivity contribution < 1.29 is 8.81 Å². The molecule has 0 amide bonds. The Morgan fingerprint density at radius 2 is 1.95 bits per heavy atom. The fourth-order valence-electron chi connectivity index (χ4n) is 2.12. The van der Waals surface area contributed by atoms with E-state index in [1.54, 1.807) is 12.1 Å². The summed E-state index contributed by atoms with van der Waals surface area (Å²) in [7, 11) is 0. The molecular formula is C16H11ClFNO2. The van der Waals surface area contributed by atoms with E-state index in [2.05, 4.69) is 0 Å². The quantitative estimate of drug-likeness (QED) is 0.687. The Kier molecular flexibility index (Phi) is 3.18. The van der Waals surface area contributed by atoms with E-state index >= 15 is 0 Å². The van der Waals surface area contributed by atoms with Crippen LogP contribution in [-0.2, 0) is 0 Å². The van der Waals surface area contributed by atoms with Crippen LogP contribution in [0.2, 0.25) is 5.02 Å². The second-order valence-electron chi connectivity index (χ2n) is 4.81. The number of nitrogen functional groups attached to an aromatic ring is 1. The first kappa shape index (κ1) is 13.6. The average molecular weight is 304 g/mol. The molecule has 2 aromatic carbocycles. The number of fused-ring (bicyclic) bond motifs is 1. The first-order chi connectivity index (χ1) is 9.95. The molecule has 0 aliphatic carbocycles. The van der Waals surface area contributed by atoms with E-state index in [1.807, 2.05) is 6.92 Å². The van der Waals surface area contributed by atoms with Crippen LogP contribution in [0.25, 0.3) is 22.3 Å². The van der Waals surface area contributed by atoms with E-state index in [4.69, 9.17) is 21.8 Å². The van der Waals surface area contributed by atoms with Gasteiger partial charge in [-0.15, -0.1) is 0 Å². The van der Waals surface area contributed by atoms with E-state index in [-0.39, 0.29) is 11.1 Å². The summed E-state index contributed by atoms with van der Waals surface area (Å²) in [4.78, 5) is 12.2. The molecule has 21 heavy (non-hydrogen) atoms. The maximum atomic E-state index is 13.2. The Balaban J connectivity index is 2.27. The molecule has 0 saturated heterocycles. The number of rotatable bonds is 1. The molecule has 0 fully saturated rings. The molecule has 0 bridgehead atoms. The number of hydrogen-bond donors (Lipinski definition) is 1. The van der Waals surface area contributed by atoms with Gasteiger partial charge >= 0.3 is 0 Å². The molecule has 0 aliphatic heterocycles. The number of anilines is 1. The molecule has 3 nitrogen and oxygen atoms in total. The minimum absolute atomic E-state index is 0.00234. The number of hydrogen-bond acceptors (Lipinski definition) is 3. The van der Waals surface area contributed by atoms with Gasteiger partial charge in [-0.2, -0.15) is 0 Å². The third-order valence-electron chi connectivity index (χ3n) is 3.29. The highest BCUT2D eigenvalue weighted by Gasteiger charge is 2.10. The van der Waals surface area contributed by atoms with Gasteiger partial charge < -0.3 is 10.2 Å². The van der Waals surface area contributed by atoms with Gasteiger partial charge in [0.1, 0.15) is 17.2 Å². The van der Waals surface area contributed by atoms with Crippen LogP contribution in [0.5, 0.6) is 0 Å². The second kappa shape index (κ2) is 4.90. The zero-order chi connectivity index (χ0) is 15.1. The highest BCUT2D eigenvalue weighted by molar-refractivity contribution is 6.32. The van der Waals surface area contributed by atoms with E-state index in [0.29, 0.717) is 27.3 Å². The Morgan fingerprint density at radius 1 is 1.19 bits per heavy atom. The highest BCUT2D eigenvalue weighted by atomic mass is 35.5. The lowest BCUT2D eigenvalue weighted by Gasteiger charge is -2.06. The lowest BCUT2D eigenvalue weighted by molar-refractivity contribution is 0.616. The molecule has 3 aromatic rings. The van der Waals surface area contributed by atoms with Crippen molar-refractivity contribution in [2.45, 2.75) is 6.92 Å². The third-order valence-corrected chi connectivity index (χ3v) is 3.70. The lowest BCUT2D eigenvalue weighted by atomic mass is 10.1. The van der Waals surface area contributed by atoms with Crippen molar-refractivity contribution in [3.05, 3.63) is 63.0 Å². The van der Waals surface area contributed by atoms with Crippen LogP contribution >= 0.6 is 11.6 Å². The number of halogens is 2. The smallest absolute Gasteiger partial charge is 0.193 e. The van der Waals surface area contributed by atoms with Crippen LogP contribution in [0.4, 0.5) is 10.1 Å². The molecule has 1 aromatic heterocycles. The van der Waals surface area contributed by atoms with Crippen LogP contribution in [0, 0.1) is 12.7 Å². The van der Waals surface area contributed by atoms with Gasteiger partial charge in [-0.05, 0) is 42.8 Å². The molecule has 1 heterocycles. The summed E-state index contributed by atoms with van der Waals surface area (Å²) in [5.41, 5.74) is 7.11. The molecule has 0 saturated carbocycles. The fourth-order valence-corrected chi connectivity index (χ4v) is 2.28. The number of benzene rings is 2. The largest absolute Gasteiger partial charge is 0.456 e. The predicted molar refractivity (Wildman–Crippen MR) is 82.0 cm³/mol. The van der Waals surface area contributed by atoms with Crippen LogP contribution in [0.1, 0.15) is 5.56 Å². The van der Waals surface area contributed by atoms with Crippen molar-refractivity contribution in [1.29, 1.82) is 0 Å². The molecular weight excluding hydrogens is 293 g/mol. The Hall–Kier alpha value is -2.33. The van der Waals surface area contributed by atoms with Gasteiger partial charge in [0.05, 0.1) is 11.1 Å². The van der Waals surface area contributed by atoms with Crippen molar-refractivity contribution in [2.75, 3.05) is 5.73 Å². The molecule has 3 rings (SSSR count). The molecule has 2 N–H and O–H groups in total. The van der Waals surface area contributed by atoms with E-state index in [1.165, 1.54) is 24.3 Å². The molecule has 0 radical (unpaired) electrons. The zero-order valence-electron chi connectivity index (χ0n) is 11.1. The minimum atomic E-state index is -0.510. The van der Waals surface area contributed by atoms with Crippen LogP contribution < -0.4 is 11.2 Å². The maximum absolute atomic E-state index is 13.2. The fraction of sp³-hybridized carbons (Fsp3) is 0.0625. The van der Waals surface area contributed by atoms with Gasteiger partial charge in [0, 0.05) is 16.7 Å². The summed E-state index contributed by atoms with van der Waals surface area (Å²) in [6.45, 7) is 1.82. The SMILES string of the molecule is Cc1cc2oc(-c3ccc(F)c(N)c3)cc(=O)c2cc1Cl. The highest BCUT2D eigenvalue weighted by Crippen LogP contribution is 2.27. The van der Waals surface area contributed by atoms with Gasteiger partial charge in [0.25, 0.3) is 0 Å². The van der Waals surface area contributed by atoms with Gasteiger partial charge in [-0.25, -0.2) is 4.39 Å². The van der Waals surface area contributed by atoms with Gasteiger partial charge in [0.2, 0.25) is 0 Å². The van der Waals surface area contributed by atoms with E-state index < -0.39 is 5.82 Å². The molecule has 5 heteroatoms. The van der Waals surface area contributed by atoms with Crippen molar-refractivity contribution in [3.63, 3.8) is 0 Å². The Bertz CT molecular complexity index is 918. The van der Waals surface area contributed by atoms with Crippen molar-refractivity contribution in [2.24, 2.45) is 0 Å². The molecule has 0 aliphatic rings. The van der Waals surface area contributed by atoms with E-state index in [9.17, 15) is 9.18 Å². The summed E-state index contributed by atoms with van der Waals surface area (Å²) < 4.78 is 18.9. The van der Waals surface area contributed by atoms with Crippen molar-refractivity contribution >= 4 is 28.3 Å². The number of nitrogens with two attached hydrogens (primary N) is 1. The number of aryl methyl sites for hydroxylation is 1. The minimum Gasteiger partial charge on any atom is -0.456 e. The lowest BCUT2D eigenvalue weighted by Crippen LogP contribution is -2.01. The monoisotopic (exact) mass is 303 g/mol. The summed E-state index contributed by atoms with van der Waals surface area (Å²) in [5, 5.41) is 0.915. The van der Waals surface area contributed by atoms with Gasteiger partial charge in [-0.1, -0.05) is 11.6 Å². The van der Waals surface area contributed by atoms with Crippen LogP contribution in [0.3, 0.4) is 0 Å². The average Bonchev–Trinajstić information content (AvgIpc) is 2.44. The summed E-state index contributed by atoms with van der Waals surface area (Å²) >= 11 is 6.02. The second-order valence-corrected chi connectivity index (χ2v) is 5.22. The zero-order valence-corrected chi connectivity index (χ0v) is 11.9. The predicted octanol–water partition coefficient (Wildman–Crippen LogP) is 4.14. The van der Waals surface area contributed by atoms with Gasteiger partial charge in [0.15, 0.2) is 5.43 Å². The summed E-state index contributed by atoms with van der Waals surface area (Å²) in [6.07, 6.45) is 0. The molecule has 0 atom stereocenters. The first-order valence-corrected chi connectivity index (χ1v) is 6.63. The maximum Gasteiger partial charge on any atom is 0.193 e. The van der Waals surface area contributed by atoms with Crippen LogP contribution in [0.15, 0.2) is 45.6 Å². The Labute approximate surface area is 124 Å². The Morgan fingerprint density at radius 3 is 2.67 bits per heavy atom. The van der Waals surface area contributed by atoms with Crippen molar-refractivity contribution in [3.8, 4) is 11.3 Å². The molecule has 0 unspecified atom stereocenters. The van der Waals surface area contributed by atoms with Crippen molar-refractivity contribution in [1.82, 2.24) is 0 Å². The van der Waals surface area contributed by atoms with Gasteiger partial charge in [-0.3, -0.25) is 4.79 Å². The summed E-state index contributed by atoms with van der Waals surface area (Å²) in [6, 6.07) is 8.82. The summed E-state index contributed by atoms with van der Waals surface area (Å²) in [5.74, 6) is -0.176. The normalized spacial score (nSPS) is 11.0. The molecule has 106 valence electrons.